The Morgan fingerprint density at radius 2 is 1.90 bits per heavy atom. The molecule has 0 aromatic rings. The molecule has 0 aliphatic carbocycles. The molecular formula is C14H27NO4Si. The van der Waals surface area contributed by atoms with Crippen molar-refractivity contribution in [2.45, 2.75) is 76.8 Å². The van der Waals surface area contributed by atoms with Crippen molar-refractivity contribution in [3.63, 3.8) is 0 Å². The summed E-state index contributed by atoms with van der Waals surface area (Å²) in [4.78, 5) is 0. The summed E-state index contributed by atoms with van der Waals surface area (Å²) in [6, 6.07) is -0.309. The highest BCUT2D eigenvalue weighted by molar-refractivity contribution is 6.74. The summed E-state index contributed by atoms with van der Waals surface area (Å²) in [6.07, 6.45) is 1.09. The van der Waals surface area contributed by atoms with E-state index >= 15 is 0 Å². The van der Waals surface area contributed by atoms with E-state index in [1.54, 1.807) is 6.21 Å². The third-order valence-electron chi connectivity index (χ3n) is 4.58. The molecule has 5 nitrogen and oxygen atoms in total. The van der Waals surface area contributed by atoms with Crippen LogP contribution in [0.1, 0.15) is 34.6 Å². The van der Waals surface area contributed by atoms with Gasteiger partial charge in [0.1, 0.15) is 0 Å². The first kappa shape index (κ1) is 15.9. The second-order valence-electron chi connectivity index (χ2n) is 7.71. The molecule has 0 aromatic heterocycles. The minimum absolute atomic E-state index is 0.134. The Bertz CT molecular complexity index is 414. The summed E-state index contributed by atoms with van der Waals surface area (Å²) >= 11 is 0. The summed E-state index contributed by atoms with van der Waals surface area (Å²) in [6.45, 7) is 15.1. The topological polar surface area (TPSA) is 53.8 Å². The number of ether oxygens (including phenoxy) is 2. The normalized spacial score (nSPS) is 33.1. The highest BCUT2D eigenvalue weighted by Gasteiger charge is 2.54. The van der Waals surface area contributed by atoms with Crippen molar-refractivity contribution in [3.05, 3.63) is 5.21 Å². The van der Waals surface area contributed by atoms with Crippen molar-refractivity contribution in [1.82, 2.24) is 0 Å². The first-order chi connectivity index (χ1) is 8.93. The fourth-order valence-corrected chi connectivity index (χ4v) is 3.33. The number of nitrogens with zero attached hydrogens (tertiary/aromatic N) is 1. The minimum atomic E-state index is -1.86. The van der Waals surface area contributed by atoms with E-state index in [-0.39, 0.29) is 23.3 Å². The largest absolute Gasteiger partial charge is 0.624 e. The zero-order valence-electron chi connectivity index (χ0n) is 13.6. The molecule has 0 saturated carbocycles. The van der Waals surface area contributed by atoms with Crippen LogP contribution in [0.25, 0.3) is 0 Å². The standard InChI is InChI=1S/C14H27NO4Si/c1-13(2,3)20(6,7)17-9-10-12-11(8-15(10)16)18-14(4,5)19-12/h8,10-12H,9H2,1-7H3/t10-,11?,12+/m1/s1. The highest BCUT2D eigenvalue weighted by Crippen LogP contribution is 2.38. The summed E-state index contributed by atoms with van der Waals surface area (Å²) in [5.74, 6) is -0.623. The predicted octanol–water partition coefficient (Wildman–Crippen LogP) is 2.49. The first-order valence-electron chi connectivity index (χ1n) is 7.23. The first-order valence-corrected chi connectivity index (χ1v) is 10.1. The van der Waals surface area contributed by atoms with E-state index in [4.69, 9.17) is 13.9 Å². The molecule has 3 atom stereocenters. The van der Waals surface area contributed by atoms with Crippen LogP contribution in [0.2, 0.25) is 18.1 Å². The summed E-state index contributed by atoms with van der Waals surface area (Å²) < 4.78 is 18.7. The molecule has 2 aliphatic heterocycles. The molecule has 0 radical (unpaired) electrons. The Kier molecular flexibility index (Phi) is 3.82. The fourth-order valence-electron chi connectivity index (χ4n) is 2.31. The average Bonchev–Trinajstić information content (AvgIpc) is 2.64. The van der Waals surface area contributed by atoms with Crippen molar-refractivity contribution >= 4 is 14.5 Å². The molecule has 0 bridgehead atoms. The van der Waals surface area contributed by atoms with E-state index in [0.717, 1.165) is 4.74 Å². The maximum absolute atomic E-state index is 12.0. The number of hydrogen-bond donors (Lipinski definition) is 0. The lowest BCUT2D eigenvalue weighted by Crippen LogP contribution is -2.46. The Morgan fingerprint density at radius 3 is 2.45 bits per heavy atom. The molecule has 1 unspecified atom stereocenters. The van der Waals surface area contributed by atoms with E-state index in [1.807, 2.05) is 13.8 Å². The molecule has 116 valence electrons. The van der Waals surface area contributed by atoms with E-state index in [1.165, 1.54) is 0 Å². The molecule has 0 amide bonds. The van der Waals surface area contributed by atoms with Crippen molar-refractivity contribution in [2.24, 2.45) is 0 Å². The zero-order chi connectivity index (χ0) is 15.3. The lowest BCUT2D eigenvalue weighted by atomic mass is 10.1. The molecule has 1 saturated heterocycles. The third kappa shape index (κ3) is 2.93. The van der Waals surface area contributed by atoms with Crippen molar-refractivity contribution in [2.75, 3.05) is 6.61 Å². The van der Waals surface area contributed by atoms with Gasteiger partial charge in [-0.1, -0.05) is 20.8 Å². The van der Waals surface area contributed by atoms with Crippen LogP contribution in [-0.4, -0.2) is 49.9 Å². The smallest absolute Gasteiger partial charge is 0.213 e. The predicted molar refractivity (Wildman–Crippen MR) is 80.5 cm³/mol. The molecule has 0 spiro atoms. The third-order valence-corrected chi connectivity index (χ3v) is 9.09. The number of hydrogen-bond acceptors (Lipinski definition) is 4. The Morgan fingerprint density at radius 1 is 1.30 bits per heavy atom. The highest BCUT2D eigenvalue weighted by atomic mass is 28.4. The molecule has 20 heavy (non-hydrogen) atoms. The average molecular weight is 301 g/mol. The lowest BCUT2D eigenvalue weighted by Gasteiger charge is -2.36. The number of hydroxylamine groups is 1. The van der Waals surface area contributed by atoms with Gasteiger partial charge in [-0.15, -0.1) is 0 Å². The lowest BCUT2D eigenvalue weighted by molar-refractivity contribution is -0.504. The molecule has 2 rings (SSSR count). The van der Waals surface area contributed by atoms with Crippen LogP contribution >= 0.6 is 0 Å². The fraction of sp³-hybridized carbons (Fsp3) is 0.929. The van der Waals surface area contributed by atoms with Crippen molar-refractivity contribution in [3.8, 4) is 0 Å². The van der Waals surface area contributed by atoms with Gasteiger partial charge < -0.3 is 19.1 Å². The monoisotopic (exact) mass is 301 g/mol. The Hall–Kier alpha value is -0.433. The number of rotatable bonds is 3. The van der Waals surface area contributed by atoms with Crippen LogP contribution in [0.15, 0.2) is 0 Å². The van der Waals surface area contributed by atoms with Gasteiger partial charge in [-0.05, 0) is 32.0 Å². The second-order valence-corrected chi connectivity index (χ2v) is 12.5. The van der Waals surface area contributed by atoms with Crippen LogP contribution in [0.5, 0.6) is 0 Å². The second kappa shape index (κ2) is 4.80. The maximum atomic E-state index is 12.0. The molecule has 2 aliphatic rings. The minimum Gasteiger partial charge on any atom is -0.624 e. The van der Waals surface area contributed by atoms with Gasteiger partial charge in [-0.3, -0.25) is 0 Å². The van der Waals surface area contributed by atoms with Crippen LogP contribution in [0, 0.1) is 5.21 Å². The maximum Gasteiger partial charge on any atom is 0.213 e. The molecular weight excluding hydrogens is 274 g/mol. The van der Waals surface area contributed by atoms with Crippen molar-refractivity contribution in [1.29, 1.82) is 0 Å². The van der Waals surface area contributed by atoms with Gasteiger partial charge in [0, 0.05) is 0 Å². The molecule has 6 heteroatoms. The van der Waals surface area contributed by atoms with Crippen LogP contribution in [0.3, 0.4) is 0 Å². The van der Waals surface area contributed by atoms with Crippen molar-refractivity contribution < 1.29 is 18.6 Å². The van der Waals surface area contributed by atoms with E-state index in [9.17, 15) is 5.21 Å². The summed E-state index contributed by atoms with van der Waals surface area (Å²) in [5, 5.41) is 12.1. The van der Waals surface area contributed by atoms with Gasteiger partial charge in [0.05, 0.1) is 6.61 Å². The van der Waals surface area contributed by atoms with Crippen LogP contribution in [-0.2, 0) is 13.9 Å². The Labute approximate surface area is 122 Å². The van der Waals surface area contributed by atoms with Gasteiger partial charge in [0.2, 0.25) is 6.04 Å². The van der Waals surface area contributed by atoms with E-state index in [2.05, 4.69) is 33.9 Å². The van der Waals surface area contributed by atoms with Crippen LogP contribution in [0.4, 0.5) is 0 Å². The Balaban J connectivity index is 2.02. The van der Waals surface area contributed by atoms with Gasteiger partial charge in [0.25, 0.3) is 0 Å². The van der Waals surface area contributed by atoms with E-state index in [0.29, 0.717) is 6.61 Å². The van der Waals surface area contributed by atoms with Gasteiger partial charge in [-0.2, -0.15) is 0 Å². The quantitative estimate of drug-likeness (QED) is 0.456. The van der Waals surface area contributed by atoms with E-state index < -0.39 is 14.1 Å². The molecule has 1 fully saturated rings. The SMILES string of the molecule is CC1(C)OC2C=[N+]([O-])[C@H](CO[Si](C)(C)C(C)(C)C)[C@@H]2O1. The summed E-state index contributed by atoms with van der Waals surface area (Å²) in [7, 11) is -1.86. The van der Waals surface area contributed by atoms with Gasteiger partial charge >= 0.3 is 0 Å². The van der Waals surface area contributed by atoms with Crippen LogP contribution < -0.4 is 0 Å². The van der Waals surface area contributed by atoms with Gasteiger partial charge in [-0.25, -0.2) is 4.74 Å². The zero-order valence-corrected chi connectivity index (χ0v) is 14.6. The summed E-state index contributed by atoms with van der Waals surface area (Å²) in [5.41, 5.74) is 0. The molecule has 0 aromatic carbocycles. The molecule has 0 N–H and O–H groups in total. The van der Waals surface area contributed by atoms with Gasteiger partial charge in [0.15, 0.2) is 32.5 Å². The molecule has 2 heterocycles. The number of fused-ring (bicyclic) bond motifs is 1.